The van der Waals surface area contributed by atoms with Crippen LogP contribution in [0, 0.1) is 5.82 Å². The van der Waals surface area contributed by atoms with E-state index >= 15 is 0 Å². The van der Waals surface area contributed by atoms with Crippen LogP contribution in [0.15, 0.2) is 66.0 Å². The maximum absolute atomic E-state index is 13.4. The van der Waals surface area contributed by atoms with Crippen LogP contribution < -0.4 is 11.1 Å². The molecule has 30 heavy (non-hydrogen) atoms. The lowest BCUT2D eigenvalue weighted by Crippen LogP contribution is -2.52. The predicted octanol–water partition coefficient (Wildman–Crippen LogP) is 3.01. The Morgan fingerprint density at radius 3 is 2.50 bits per heavy atom. The number of fused-ring (bicyclic) bond motifs is 1. The number of carbonyl (C=O) groups excluding carboxylic acids is 2. The van der Waals surface area contributed by atoms with Crippen molar-refractivity contribution < 1.29 is 14.0 Å². The predicted molar refractivity (Wildman–Crippen MR) is 114 cm³/mol. The molecule has 0 saturated carbocycles. The second kappa shape index (κ2) is 8.77. The molecular weight excluding hydrogens is 401 g/mol. The van der Waals surface area contributed by atoms with E-state index in [1.54, 1.807) is 12.1 Å². The summed E-state index contributed by atoms with van der Waals surface area (Å²) in [5.74, 6) is -0.986. The van der Waals surface area contributed by atoms with Crippen LogP contribution in [0.4, 0.5) is 4.39 Å². The van der Waals surface area contributed by atoms with Gasteiger partial charge in [0.1, 0.15) is 5.82 Å². The van der Waals surface area contributed by atoms with Gasteiger partial charge in [-0.25, -0.2) is 4.39 Å². The summed E-state index contributed by atoms with van der Waals surface area (Å²) in [6.07, 6.45) is 0.491. The number of nitrogens with one attached hydrogen (secondary N) is 1. The van der Waals surface area contributed by atoms with Crippen molar-refractivity contribution in [3.05, 3.63) is 93.4 Å². The van der Waals surface area contributed by atoms with Crippen LogP contribution in [0.3, 0.4) is 0 Å². The molecule has 3 N–H and O–H groups in total. The molecule has 0 spiro atoms. The second-order valence-electron chi connectivity index (χ2n) is 7.36. The van der Waals surface area contributed by atoms with E-state index in [2.05, 4.69) is 5.32 Å². The topological polar surface area (TPSA) is 75.4 Å². The maximum Gasteiger partial charge on any atom is 0.235 e. The summed E-state index contributed by atoms with van der Waals surface area (Å²) in [5.41, 5.74) is 8.60. The summed E-state index contributed by atoms with van der Waals surface area (Å²) >= 11 is 1.52. The van der Waals surface area contributed by atoms with E-state index in [1.165, 1.54) is 23.5 Å². The molecule has 2 atom stereocenters. The van der Waals surface area contributed by atoms with E-state index in [-0.39, 0.29) is 24.3 Å². The quantitative estimate of drug-likeness (QED) is 0.640. The molecule has 0 fully saturated rings. The maximum atomic E-state index is 13.4. The number of thiophene rings is 1. The third kappa shape index (κ3) is 4.42. The molecule has 2 aromatic carbocycles. The number of nitrogens with two attached hydrogens (primary N) is 1. The number of benzene rings is 2. The van der Waals surface area contributed by atoms with Gasteiger partial charge in [0.15, 0.2) is 0 Å². The summed E-state index contributed by atoms with van der Waals surface area (Å²) in [4.78, 5) is 27.8. The Balaban J connectivity index is 1.53. The second-order valence-corrected chi connectivity index (χ2v) is 8.34. The van der Waals surface area contributed by atoms with Crippen LogP contribution in [0.1, 0.15) is 27.6 Å². The Bertz CT molecular complexity index is 1040. The van der Waals surface area contributed by atoms with Crippen molar-refractivity contribution in [2.75, 3.05) is 6.54 Å². The third-order valence-corrected chi connectivity index (χ3v) is 6.29. The van der Waals surface area contributed by atoms with Crippen molar-refractivity contribution in [2.24, 2.45) is 5.73 Å². The van der Waals surface area contributed by atoms with Crippen LogP contribution in [0.25, 0.3) is 0 Å². The molecule has 1 aliphatic heterocycles. The number of carbonyl (C=O) groups is 2. The van der Waals surface area contributed by atoms with Crippen LogP contribution >= 0.6 is 11.3 Å². The first-order valence-corrected chi connectivity index (χ1v) is 10.6. The lowest BCUT2D eigenvalue weighted by molar-refractivity contribution is -0.127. The van der Waals surface area contributed by atoms with Gasteiger partial charge in [-0.2, -0.15) is 0 Å². The molecule has 0 radical (unpaired) electrons. The molecule has 2 heterocycles. The summed E-state index contributed by atoms with van der Waals surface area (Å²) in [5, 5.41) is 4.97. The van der Waals surface area contributed by atoms with Crippen molar-refractivity contribution in [1.29, 1.82) is 0 Å². The normalized spacial score (nSPS) is 17.2. The highest BCUT2D eigenvalue weighted by molar-refractivity contribution is 7.10. The zero-order valence-corrected chi connectivity index (χ0v) is 17.1. The lowest BCUT2D eigenvalue weighted by Gasteiger charge is -2.34. The Hall–Kier alpha value is -3.03. The first-order valence-electron chi connectivity index (χ1n) is 9.69. The minimum atomic E-state index is -0.531. The van der Waals surface area contributed by atoms with Crippen molar-refractivity contribution in [3.63, 3.8) is 0 Å². The molecule has 7 heteroatoms. The van der Waals surface area contributed by atoms with Gasteiger partial charge in [-0.05, 0) is 46.7 Å². The van der Waals surface area contributed by atoms with Crippen molar-refractivity contribution in [1.82, 2.24) is 10.2 Å². The molecule has 0 unspecified atom stereocenters. The monoisotopic (exact) mass is 423 g/mol. The fourth-order valence-corrected chi connectivity index (χ4v) is 4.65. The van der Waals surface area contributed by atoms with Gasteiger partial charge in [0.25, 0.3) is 0 Å². The summed E-state index contributed by atoms with van der Waals surface area (Å²) in [6, 6.07) is 16.9. The smallest absolute Gasteiger partial charge is 0.235 e. The van der Waals surface area contributed by atoms with Gasteiger partial charge in [0.2, 0.25) is 11.8 Å². The Labute approximate surface area is 178 Å². The van der Waals surface area contributed by atoms with E-state index < -0.39 is 11.9 Å². The minimum Gasteiger partial charge on any atom is -0.368 e. The summed E-state index contributed by atoms with van der Waals surface area (Å²) < 4.78 is 13.4. The van der Waals surface area contributed by atoms with Gasteiger partial charge in [-0.3, -0.25) is 14.5 Å². The third-order valence-electron chi connectivity index (χ3n) is 5.36. The van der Waals surface area contributed by atoms with Crippen LogP contribution in [-0.4, -0.2) is 29.3 Å². The largest absolute Gasteiger partial charge is 0.368 e. The first kappa shape index (κ1) is 20.3. The standard InChI is InChI=1S/C23H22FN3O2S/c24-18-9-7-15(8-10-18)22(20-6-3-11-30-20)26-21(28)14-27-13-17-5-2-1-4-16(17)12-19(27)23(25)29/h1-11,19,22H,12-14H2,(H2,25,29)(H,26,28)/t19-,22-/m0/s1. The number of hydrogen-bond donors (Lipinski definition) is 2. The average Bonchev–Trinajstić information content (AvgIpc) is 3.27. The highest BCUT2D eigenvalue weighted by Gasteiger charge is 2.31. The number of rotatable bonds is 6. The fourth-order valence-electron chi connectivity index (χ4n) is 3.84. The summed E-state index contributed by atoms with van der Waals surface area (Å²) in [7, 11) is 0. The van der Waals surface area contributed by atoms with E-state index in [0.29, 0.717) is 13.0 Å². The molecular formula is C23H22FN3O2S. The lowest BCUT2D eigenvalue weighted by atomic mass is 9.93. The highest BCUT2D eigenvalue weighted by atomic mass is 32.1. The Morgan fingerprint density at radius 2 is 1.83 bits per heavy atom. The van der Waals surface area contributed by atoms with Crippen LogP contribution in [0.2, 0.25) is 0 Å². The fraction of sp³-hybridized carbons (Fsp3) is 0.217. The zero-order valence-electron chi connectivity index (χ0n) is 16.3. The molecule has 154 valence electrons. The molecule has 5 nitrogen and oxygen atoms in total. The molecule has 1 aromatic heterocycles. The molecule has 1 aliphatic rings. The number of hydrogen-bond acceptors (Lipinski definition) is 4. The average molecular weight is 424 g/mol. The minimum absolute atomic E-state index is 0.0466. The number of halogens is 1. The van der Waals surface area contributed by atoms with Crippen molar-refractivity contribution in [2.45, 2.75) is 25.0 Å². The number of nitrogens with zero attached hydrogens (tertiary/aromatic N) is 1. The van der Waals surface area contributed by atoms with Gasteiger partial charge >= 0.3 is 0 Å². The number of primary amides is 1. The number of amides is 2. The Morgan fingerprint density at radius 1 is 1.10 bits per heavy atom. The van der Waals surface area contributed by atoms with Crippen molar-refractivity contribution >= 4 is 23.2 Å². The highest BCUT2D eigenvalue weighted by Crippen LogP contribution is 2.27. The SMILES string of the molecule is NC(=O)[C@@H]1Cc2ccccc2CN1CC(=O)N[C@@H](c1ccc(F)cc1)c1cccs1. The van der Waals surface area contributed by atoms with Gasteiger partial charge in [0, 0.05) is 11.4 Å². The van der Waals surface area contributed by atoms with E-state index in [4.69, 9.17) is 5.73 Å². The zero-order chi connectivity index (χ0) is 21.1. The molecule has 0 bridgehead atoms. The summed E-state index contributed by atoms with van der Waals surface area (Å²) in [6.45, 7) is 0.530. The van der Waals surface area contributed by atoms with Crippen molar-refractivity contribution in [3.8, 4) is 0 Å². The van der Waals surface area contributed by atoms with Gasteiger partial charge in [-0.15, -0.1) is 11.3 Å². The molecule has 4 rings (SSSR count). The van der Waals surface area contributed by atoms with Gasteiger partial charge in [-0.1, -0.05) is 42.5 Å². The molecule has 0 saturated heterocycles. The molecule has 2 amide bonds. The Kier molecular flexibility index (Phi) is 5.92. The first-order chi connectivity index (χ1) is 14.5. The van der Waals surface area contributed by atoms with Gasteiger partial charge < -0.3 is 11.1 Å². The van der Waals surface area contributed by atoms with Crippen LogP contribution in [0.5, 0.6) is 0 Å². The van der Waals surface area contributed by atoms with Gasteiger partial charge in [0.05, 0.1) is 18.6 Å². The van der Waals surface area contributed by atoms with E-state index in [1.807, 2.05) is 46.7 Å². The van der Waals surface area contributed by atoms with Crippen LogP contribution in [-0.2, 0) is 22.6 Å². The molecule has 3 aromatic rings. The van der Waals surface area contributed by atoms with E-state index in [9.17, 15) is 14.0 Å². The van der Waals surface area contributed by atoms with E-state index in [0.717, 1.165) is 21.6 Å². The molecule has 0 aliphatic carbocycles.